The molecule has 0 atom stereocenters. The van der Waals surface area contributed by atoms with E-state index in [0.29, 0.717) is 0 Å². The van der Waals surface area contributed by atoms with Crippen molar-refractivity contribution in [3.05, 3.63) is 0 Å². The first-order chi connectivity index (χ1) is 3.41. The highest BCUT2D eigenvalue weighted by molar-refractivity contribution is 7.99. The third-order valence-electron chi connectivity index (χ3n) is 0.611. The van der Waals surface area contributed by atoms with E-state index in [4.69, 9.17) is 5.73 Å². The van der Waals surface area contributed by atoms with Crippen molar-refractivity contribution in [3.63, 3.8) is 0 Å². The summed E-state index contributed by atoms with van der Waals surface area (Å²) in [6.07, 6.45) is 1.27. The monoisotopic (exact) mass is 119 g/mol. The summed E-state index contributed by atoms with van der Waals surface area (Å²) in [5.41, 5.74) is 5.25. The summed E-state index contributed by atoms with van der Waals surface area (Å²) < 4.78 is 0. The van der Waals surface area contributed by atoms with Crippen molar-refractivity contribution >= 4 is 11.8 Å². The van der Waals surface area contributed by atoms with E-state index in [1.165, 1.54) is 12.2 Å². The van der Waals surface area contributed by atoms with Crippen LogP contribution in [0.4, 0.5) is 0 Å². The highest BCUT2D eigenvalue weighted by atomic mass is 32.2. The van der Waals surface area contributed by atoms with Gasteiger partial charge >= 0.3 is 0 Å². The van der Waals surface area contributed by atoms with Crippen molar-refractivity contribution < 1.29 is 0 Å². The molecule has 0 aliphatic heterocycles. The highest BCUT2D eigenvalue weighted by Gasteiger charge is 1.79. The maximum atomic E-state index is 5.25. The third-order valence-corrected chi connectivity index (χ3v) is 1.83. The second kappa shape index (κ2) is 6.31. The Labute approximate surface area is 49.7 Å². The molecule has 2 N–H and O–H groups in total. The van der Waals surface area contributed by atoms with Crippen LogP contribution in [-0.2, 0) is 0 Å². The zero-order chi connectivity index (χ0) is 5.54. The van der Waals surface area contributed by atoms with Gasteiger partial charge < -0.3 is 5.73 Å². The van der Waals surface area contributed by atoms with Crippen molar-refractivity contribution in [2.75, 3.05) is 18.1 Å². The Balaban J connectivity index is 2.45. The Morgan fingerprint density at radius 3 is 2.57 bits per heavy atom. The maximum absolute atomic E-state index is 5.25. The number of nitrogens with two attached hydrogens (primary N) is 1. The lowest BCUT2D eigenvalue weighted by Crippen LogP contribution is -2.01. The fourth-order valence-electron chi connectivity index (χ4n) is 0.330. The second-order valence-corrected chi connectivity index (χ2v) is 2.63. The summed E-state index contributed by atoms with van der Waals surface area (Å²) in [4.78, 5) is 0. The van der Waals surface area contributed by atoms with E-state index in [1.54, 1.807) is 0 Å². The molecule has 0 heterocycles. The SMILES string of the molecule is CCCSCCN. The molecule has 0 aliphatic carbocycles. The van der Waals surface area contributed by atoms with E-state index in [1.807, 2.05) is 11.8 Å². The molecular formula is C5H13NS. The fourth-order valence-corrected chi connectivity index (χ4v) is 0.989. The van der Waals surface area contributed by atoms with Gasteiger partial charge in [0.25, 0.3) is 0 Å². The zero-order valence-electron chi connectivity index (χ0n) is 4.81. The van der Waals surface area contributed by atoms with Crippen LogP contribution in [-0.4, -0.2) is 18.1 Å². The average molecular weight is 119 g/mol. The van der Waals surface area contributed by atoms with Gasteiger partial charge in [0.2, 0.25) is 0 Å². The van der Waals surface area contributed by atoms with Gasteiger partial charge in [-0.15, -0.1) is 0 Å². The van der Waals surface area contributed by atoms with Crippen molar-refractivity contribution in [1.29, 1.82) is 0 Å². The molecule has 0 radical (unpaired) electrons. The Kier molecular flexibility index (Phi) is 6.59. The van der Waals surface area contributed by atoms with Crippen LogP contribution in [0.15, 0.2) is 0 Å². The lowest BCUT2D eigenvalue weighted by molar-refractivity contribution is 1.09. The van der Waals surface area contributed by atoms with Crippen LogP contribution in [0.25, 0.3) is 0 Å². The van der Waals surface area contributed by atoms with Gasteiger partial charge in [0, 0.05) is 12.3 Å². The van der Waals surface area contributed by atoms with Crippen molar-refractivity contribution in [3.8, 4) is 0 Å². The van der Waals surface area contributed by atoms with E-state index in [9.17, 15) is 0 Å². The van der Waals surface area contributed by atoms with Gasteiger partial charge in [0.1, 0.15) is 0 Å². The largest absolute Gasteiger partial charge is 0.330 e. The lowest BCUT2D eigenvalue weighted by Gasteiger charge is -1.91. The minimum absolute atomic E-state index is 0.824. The van der Waals surface area contributed by atoms with Crippen LogP contribution < -0.4 is 5.73 Å². The topological polar surface area (TPSA) is 26.0 Å². The number of rotatable bonds is 4. The van der Waals surface area contributed by atoms with E-state index >= 15 is 0 Å². The predicted octanol–water partition coefficient (Wildman–Crippen LogP) is 1.09. The van der Waals surface area contributed by atoms with E-state index in [2.05, 4.69) is 6.92 Å². The molecule has 0 rings (SSSR count). The lowest BCUT2D eigenvalue weighted by atomic mass is 10.6. The molecule has 0 amide bonds. The summed E-state index contributed by atoms with van der Waals surface area (Å²) in [5, 5.41) is 0. The third kappa shape index (κ3) is 6.31. The molecule has 2 heteroatoms. The van der Waals surface area contributed by atoms with Crippen LogP contribution in [0, 0.1) is 0 Å². The van der Waals surface area contributed by atoms with Gasteiger partial charge in [-0.05, 0) is 12.2 Å². The van der Waals surface area contributed by atoms with E-state index < -0.39 is 0 Å². The van der Waals surface area contributed by atoms with Gasteiger partial charge in [0.15, 0.2) is 0 Å². The molecule has 0 unspecified atom stereocenters. The molecule has 0 aliphatic rings. The summed E-state index contributed by atoms with van der Waals surface area (Å²) >= 11 is 1.93. The Morgan fingerprint density at radius 1 is 1.43 bits per heavy atom. The quantitative estimate of drug-likeness (QED) is 0.561. The summed E-state index contributed by atoms with van der Waals surface area (Å²) in [6, 6.07) is 0. The van der Waals surface area contributed by atoms with Crippen LogP contribution in [0.3, 0.4) is 0 Å². The molecule has 0 saturated heterocycles. The summed E-state index contributed by atoms with van der Waals surface area (Å²) in [6.45, 7) is 3.01. The van der Waals surface area contributed by atoms with Gasteiger partial charge in [-0.3, -0.25) is 0 Å². The molecular weight excluding hydrogens is 106 g/mol. The molecule has 1 nitrogen and oxygen atoms in total. The first kappa shape index (κ1) is 7.31. The molecule has 0 aromatic heterocycles. The smallest absolute Gasteiger partial charge is 0.00558 e. The predicted molar refractivity (Wildman–Crippen MR) is 36.7 cm³/mol. The Hall–Kier alpha value is 0.310. The minimum atomic E-state index is 0.824. The molecule has 7 heavy (non-hydrogen) atoms. The van der Waals surface area contributed by atoms with Gasteiger partial charge in [-0.25, -0.2) is 0 Å². The van der Waals surface area contributed by atoms with E-state index in [-0.39, 0.29) is 0 Å². The molecule has 0 saturated carbocycles. The van der Waals surface area contributed by atoms with Gasteiger partial charge in [-0.1, -0.05) is 6.92 Å². The van der Waals surface area contributed by atoms with Crippen LogP contribution in [0.1, 0.15) is 13.3 Å². The molecule has 44 valence electrons. The normalized spacial score (nSPS) is 9.43. The Morgan fingerprint density at radius 2 is 2.14 bits per heavy atom. The number of hydrogen-bond donors (Lipinski definition) is 1. The van der Waals surface area contributed by atoms with Crippen LogP contribution >= 0.6 is 11.8 Å². The molecule has 0 fully saturated rings. The minimum Gasteiger partial charge on any atom is -0.330 e. The molecule has 0 aromatic rings. The zero-order valence-corrected chi connectivity index (χ0v) is 5.63. The van der Waals surface area contributed by atoms with Crippen molar-refractivity contribution in [2.45, 2.75) is 13.3 Å². The second-order valence-electron chi connectivity index (χ2n) is 1.40. The molecule has 0 aromatic carbocycles. The molecule has 0 spiro atoms. The molecule has 0 bridgehead atoms. The Bertz CT molecular complexity index is 27.3. The standard InChI is InChI=1S/C5H13NS/c1-2-4-7-5-3-6/h2-6H2,1H3. The number of thioether (sulfide) groups is 1. The van der Waals surface area contributed by atoms with Gasteiger partial charge in [0.05, 0.1) is 0 Å². The fraction of sp³-hybridized carbons (Fsp3) is 1.00. The number of hydrogen-bond acceptors (Lipinski definition) is 2. The van der Waals surface area contributed by atoms with Crippen molar-refractivity contribution in [2.24, 2.45) is 5.73 Å². The average Bonchev–Trinajstić information content (AvgIpc) is 1.69. The van der Waals surface area contributed by atoms with Gasteiger partial charge in [-0.2, -0.15) is 11.8 Å². The van der Waals surface area contributed by atoms with Crippen LogP contribution in [0.2, 0.25) is 0 Å². The first-order valence-electron chi connectivity index (χ1n) is 2.69. The first-order valence-corrected chi connectivity index (χ1v) is 3.85. The van der Waals surface area contributed by atoms with E-state index in [0.717, 1.165) is 12.3 Å². The summed E-state index contributed by atoms with van der Waals surface area (Å²) in [7, 11) is 0. The highest BCUT2D eigenvalue weighted by Crippen LogP contribution is 1.98. The van der Waals surface area contributed by atoms with Crippen LogP contribution in [0.5, 0.6) is 0 Å². The maximum Gasteiger partial charge on any atom is 0.00558 e. The summed E-state index contributed by atoms with van der Waals surface area (Å²) in [5.74, 6) is 2.38. The van der Waals surface area contributed by atoms with Crippen molar-refractivity contribution in [1.82, 2.24) is 0 Å².